The smallest absolute Gasteiger partial charge is 0.257 e. The van der Waals surface area contributed by atoms with Crippen molar-refractivity contribution in [2.45, 2.75) is 26.2 Å². The number of amides is 1. The first-order chi connectivity index (χ1) is 9.93. The molecule has 0 atom stereocenters. The predicted octanol–water partition coefficient (Wildman–Crippen LogP) is 3.42. The summed E-state index contributed by atoms with van der Waals surface area (Å²) in [5.74, 6) is 1.05. The number of nitrogens with one attached hydrogen (secondary N) is 1. The van der Waals surface area contributed by atoms with E-state index in [-0.39, 0.29) is 18.1 Å². The van der Waals surface area contributed by atoms with E-state index in [0.717, 1.165) is 5.69 Å². The number of carbonyl (C=O) groups excluding carboxylic acids is 1. The van der Waals surface area contributed by atoms with Crippen molar-refractivity contribution in [1.82, 2.24) is 4.98 Å². The first kappa shape index (κ1) is 13.9. The molecular formula is C15H16N2O3S. The number of nitrogens with zero attached hydrogens (tertiary/aromatic N) is 1. The molecule has 1 N–H and O–H groups in total. The topological polar surface area (TPSA) is 60.5 Å². The van der Waals surface area contributed by atoms with E-state index in [9.17, 15) is 4.79 Å². The molecule has 0 unspecified atom stereocenters. The number of aromatic nitrogens is 1. The average molecular weight is 304 g/mol. The first-order valence-electron chi connectivity index (χ1n) is 6.60. The van der Waals surface area contributed by atoms with Gasteiger partial charge in [-0.05, 0) is 18.2 Å². The van der Waals surface area contributed by atoms with Gasteiger partial charge in [0.1, 0.15) is 0 Å². The summed E-state index contributed by atoms with van der Waals surface area (Å²) in [6.07, 6.45) is 0. The normalized spacial score (nSPS) is 13.3. The highest BCUT2D eigenvalue weighted by atomic mass is 32.1. The highest BCUT2D eigenvalue weighted by molar-refractivity contribution is 7.14. The lowest BCUT2D eigenvalue weighted by Crippen LogP contribution is -2.14. The van der Waals surface area contributed by atoms with Crippen LogP contribution in [0.5, 0.6) is 11.5 Å². The highest BCUT2D eigenvalue weighted by Gasteiger charge is 2.20. The summed E-state index contributed by atoms with van der Waals surface area (Å²) in [6, 6.07) is 5.12. The van der Waals surface area contributed by atoms with Crippen LogP contribution in [0.25, 0.3) is 0 Å². The lowest BCUT2D eigenvalue weighted by molar-refractivity contribution is 0.102. The number of fused-ring (bicyclic) bond motifs is 1. The molecule has 1 aliphatic heterocycles. The van der Waals surface area contributed by atoms with E-state index in [1.807, 2.05) is 5.38 Å². The van der Waals surface area contributed by atoms with E-state index < -0.39 is 0 Å². The molecule has 1 amide bonds. The SMILES string of the molecule is CC(C)(C)c1csc(NC(=O)c2ccc3c(c2)OCO3)n1. The molecule has 21 heavy (non-hydrogen) atoms. The monoisotopic (exact) mass is 304 g/mol. The Bertz CT molecular complexity index is 688. The lowest BCUT2D eigenvalue weighted by atomic mass is 9.93. The fraction of sp³-hybridized carbons (Fsp3) is 0.333. The minimum atomic E-state index is -0.205. The Morgan fingerprint density at radius 1 is 1.29 bits per heavy atom. The fourth-order valence-corrected chi connectivity index (χ4v) is 2.81. The van der Waals surface area contributed by atoms with Gasteiger partial charge in [-0.1, -0.05) is 20.8 Å². The van der Waals surface area contributed by atoms with Crippen molar-refractivity contribution in [3.8, 4) is 11.5 Å². The van der Waals surface area contributed by atoms with E-state index in [4.69, 9.17) is 9.47 Å². The largest absolute Gasteiger partial charge is 0.454 e. The molecule has 1 aromatic heterocycles. The van der Waals surface area contributed by atoms with Crippen LogP contribution in [0.1, 0.15) is 36.8 Å². The van der Waals surface area contributed by atoms with Gasteiger partial charge in [-0.2, -0.15) is 0 Å². The van der Waals surface area contributed by atoms with Crippen LogP contribution in [0, 0.1) is 0 Å². The summed E-state index contributed by atoms with van der Waals surface area (Å²) in [7, 11) is 0. The zero-order valence-electron chi connectivity index (χ0n) is 12.1. The number of benzene rings is 1. The number of carbonyl (C=O) groups is 1. The van der Waals surface area contributed by atoms with Gasteiger partial charge in [-0.25, -0.2) is 4.98 Å². The van der Waals surface area contributed by atoms with E-state index in [1.54, 1.807) is 18.2 Å². The van der Waals surface area contributed by atoms with Crippen LogP contribution in [0.4, 0.5) is 5.13 Å². The Morgan fingerprint density at radius 3 is 2.76 bits per heavy atom. The highest BCUT2D eigenvalue weighted by Crippen LogP contribution is 2.33. The Labute approximate surface area is 126 Å². The van der Waals surface area contributed by atoms with Crippen LogP contribution in [0.2, 0.25) is 0 Å². The molecule has 0 fully saturated rings. The van der Waals surface area contributed by atoms with E-state index in [1.165, 1.54) is 11.3 Å². The number of anilines is 1. The molecule has 2 heterocycles. The number of hydrogen-bond acceptors (Lipinski definition) is 5. The van der Waals surface area contributed by atoms with Gasteiger partial charge < -0.3 is 9.47 Å². The van der Waals surface area contributed by atoms with Crippen molar-refractivity contribution < 1.29 is 14.3 Å². The quantitative estimate of drug-likeness (QED) is 0.923. The molecule has 0 radical (unpaired) electrons. The van der Waals surface area contributed by atoms with Gasteiger partial charge in [-0.15, -0.1) is 11.3 Å². The third kappa shape index (κ3) is 2.85. The van der Waals surface area contributed by atoms with Crippen LogP contribution >= 0.6 is 11.3 Å². The van der Waals surface area contributed by atoms with E-state index in [0.29, 0.717) is 22.2 Å². The molecule has 0 spiro atoms. The van der Waals surface area contributed by atoms with Gasteiger partial charge in [0.25, 0.3) is 5.91 Å². The third-order valence-corrected chi connectivity index (χ3v) is 3.89. The second kappa shape index (κ2) is 5.04. The predicted molar refractivity (Wildman–Crippen MR) is 81.3 cm³/mol. The lowest BCUT2D eigenvalue weighted by Gasteiger charge is -2.14. The summed E-state index contributed by atoms with van der Waals surface area (Å²) in [6.45, 7) is 6.46. The van der Waals surface area contributed by atoms with Crippen molar-refractivity contribution in [2.75, 3.05) is 12.1 Å². The van der Waals surface area contributed by atoms with Crippen molar-refractivity contribution in [3.63, 3.8) is 0 Å². The third-order valence-electron chi connectivity index (χ3n) is 3.13. The number of hydrogen-bond donors (Lipinski definition) is 1. The summed E-state index contributed by atoms with van der Waals surface area (Å²) < 4.78 is 10.5. The maximum Gasteiger partial charge on any atom is 0.257 e. The molecule has 3 rings (SSSR count). The molecule has 0 aliphatic carbocycles. The molecule has 1 aliphatic rings. The standard InChI is InChI=1S/C15H16N2O3S/c1-15(2,3)12-7-21-14(16-12)17-13(18)9-4-5-10-11(6-9)20-8-19-10/h4-7H,8H2,1-3H3,(H,16,17,18). The molecule has 0 saturated heterocycles. The van der Waals surface area contributed by atoms with Crippen LogP contribution in [0.15, 0.2) is 23.6 Å². The Hall–Kier alpha value is -2.08. The van der Waals surface area contributed by atoms with Crippen molar-refractivity contribution in [1.29, 1.82) is 0 Å². The second-order valence-electron chi connectivity index (χ2n) is 5.81. The maximum absolute atomic E-state index is 12.2. The van der Waals surface area contributed by atoms with Crippen molar-refractivity contribution in [2.24, 2.45) is 0 Å². The van der Waals surface area contributed by atoms with Gasteiger partial charge in [0.05, 0.1) is 5.69 Å². The average Bonchev–Trinajstić information content (AvgIpc) is 3.04. The Balaban J connectivity index is 1.76. The summed E-state index contributed by atoms with van der Waals surface area (Å²) in [5.41, 5.74) is 1.46. The maximum atomic E-state index is 12.2. The molecule has 1 aromatic carbocycles. The second-order valence-corrected chi connectivity index (χ2v) is 6.67. The van der Waals surface area contributed by atoms with E-state index >= 15 is 0 Å². The first-order valence-corrected chi connectivity index (χ1v) is 7.48. The minimum Gasteiger partial charge on any atom is -0.454 e. The molecular weight excluding hydrogens is 288 g/mol. The van der Waals surface area contributed by atoms with Crippen LogP contribution in [0.3, 0.4) is 0 Å². The van der Waals surface area contributed by atoms with Gasteiger partial charge in [-0.3, -0.25) is 10.1 Å². The number of ether oxygens (including phenoxy) is 2. The van der Waals surface area contributed by atoms with Gasteiger partial charge in [0.2, 0.25) is 6.79 Å². The molecule has 5 nitrogen and oxygen atoms in total. The molecule has 6 heteroatoms. The zero-order chi connectivity index (χ0) is 15.0. The summed E-state index contributed by atoms with van der Waals surface area (Å²) in [4.78, 5) is 16.7. The molecule has 0 bridgehead atoms. The molecule has 2 aromatic rings. The fourth-order valence-electron chi connectivity index (χ4n) is 1.88. The summed E-state index contributed by atoms with van der Waals surface area (Å²) >= 11 is 1.43. The number of rotatable bonds is 2. The van der Waals surface area contributed by atoms with Crippen LogP contribution in [-0.4, -0.2) is 17.7 Å². The zero-order valence-corrected chi connectivity index (χ0v) is 12.9. The Kier molecular flexibility index (Phi) is 3.33. The van der Waals surface area contributed by atoms with Gasteiger partial charge in [0.15, 0.2) is 16.6 Å². The minimum absolute atomic E-state index is 0.0295. The van der Waals surface area contributed by atoms with Crippen LogP contribution < -0.4 is 14.8 Å². The molecule has 110 valence electrons. The van der Waals surface area contributed by atoms with Gasteiger partial charge >= 0.3 is 0 Å². The number of thiazole rings is 1. The van der Waals surface area contributed by atoms with Gasteiger partial charge in [0, 0.05) is 16.4 Å². The van der Waals surface area contributed by atoms with Crippen LogP contribution in [-0.2, 0) is 5.41 Å². The summed E-state index contributed by atoms with van der Waals surface area (Å²) in [5, 5.41) is 5.38. The Morgan fingerprint density at radius 2 is 2.05 bits per heavy atom. The molecule has 0 saturated carbocycles. The van der Waals surface area contributed by atoms with Crippen molar-refractivity contribution in [3.05, 3.63) is 34.8 Å². The van der Waals surface area contributed by atoms with Crippen molar-refractivity contribution >= 4 is 22.4 Å². The van der Waals surface area contributed by atoms with E-state index in [2.05, 4.69) is 31.1 Å².